The zero-order valence-electron chi connectivity index (χ0n) is 9.09. The van der Waals surface area contributed by atoms with Crippen LogP contribution in [-0.2, 0) is 6.42 Å². The maximum Gasteiger partial charge on any atom is 0.00871 e. The van der Waals surface area contributed by atoms with Crippen molar-refractivity contribution in [3.63, 3.8) is 0 Å². The lowest BCUT2D eigenvalue weighted by molar-refractivity contribution is 0.412. The predicted molar refractivity (Wildman–Crippen MR) is 61.5 cm³/mol. The smallest absolute Gasteiger partial charge is 0.00871 e. The summed E-state index contributed by atoms with van der Waals surface area (Å²) in [4.78, 5) is 3.16. The Hall–Kier alpha value is -1.24. The van der Waals surface area contributed by atoms with Gasteiger partial charge in [0, 0.05) is 17.8 Å². The van der Waals surface area contributed by atoms with E-state index in [1.165, 1.54) is 16.3 Å². The molecule has 1 nitrogen and oxygen atoms in total. The van der Waals surface area contributed by atoms with Gasteiger partial charge in [-0.25, -0.2) is 0 Å². The van der Waals surface area contributed by atoms with Crippen LogP contribution in [0.15, 0.2) is 30.6 Å². The Labute approximate surface area is 85.1 Å². The van der Waals surface area contributed by atoms with Crippen LogP contribution in [0.5, 0.6) is 0 Å². The third-order valence-electron chi connectivity index (χ3n) is 2.42. The first kappa shape index (κ1) is 9.32. The number of aromatic nitrogens is 1. The number of hydrogen-bond acceptors (Lipinski definition) is 0. The second kappa shape index (κ2) is 3.16. The van der Waals surface area contributed by atoms with Crippen LogP contribution in [0.4, 0.5) is 0 Å². The molecule has 1 aromatic heterocycles. The highest BCUT2D eigenvalue weighted by molar-refractivity contribution is 5.85. The van der Waals surface area contributed by atoms with E-state index in [1.807, 2.05) is 0 Å². The molecular formula is C13H17N. The molecule has 0 unspecified atom stereocenters. The van der Waals surface area contributed by atoms with Gasteiger partial charge in [0.15, 0.2) is 0 Å². The summed E-state index contributed by atoms with van der Waals surface area (Å²) in [6, 6.07) is 6.51. The van der Waals surface area contributed by atoms with Crippen LogP contribution >= 0.6 is 0 Å². The second-order valence-corrected chi connectivity index (χ2v) is 5.11. The van der Waals surface area contributed by atoms with E-state index in [1.54, 1.807) is 0 Å². The summed E-state index contributed by atoms with van der Waals surface area (Å²) in [7, 11) is 0. The van der Waals surface area contributed by atoms with Crippen LogP contribution in [-0.4, -0.2) is 4.98 Å². The van der Waals surface area contributed by atoms with E-state index < -0.39 is 0 Å². The van der Waals surface area contributed by atoms with Gasteiger partial charge in [-0.2, -0.15) is 0 Å². The van der Waals surface area contributed by atoms with Crippen LogP contribution in [0.25, 0.3) is 10.8 Å². The lowest BCUT2D eigenvalue weighted by Crippen LogP contribution is -2.09. The van der Waals surface area contributed by atoms with Crippen molar-refractivity contribution < 1.29 is 0 Å². The fourth-order valence-electron chi connectivity index (χ4n) is 1.88. The normalized spacial score (nSPS) is 12.2. The number of hydrogen-bond donors (Lipinski definition) is 1. The molecule has 0 amide bonds. The second-order valence-electron chi connectivity index (χ2n) is 5.11. The van der Waals surface area contributed by atoms with Crippen LogP contribution in [0, 0.1) is 5.41 Å². The van der Waals surface area contributed by atoms with Gasteiger partial charge >= 0.3 is 0 Å². The lowest BCUT2D eigenvalue weighted by Gasteiger charge is -2.18. The molecule has 0 aliphatic carbocycles. The number of fused-ring (bicyclic) bond motifs is 1. The summed E-state index contributed by atoms with van der Waals surface area (Å²) in [6.45, 7) is 6.83. The molecule has 0 aliphatic rings. The Kier molecular flexibility index (Phi) is 2.10. The van der Waals surface area contributed by atoms with E-state index in [-0.39, 0.29) is 0 Å². The van der Waals surface area contributed by atoms with Gasteiger partial charge in [0.2, 0.25) is 0 Å². The van der Waals surface area contributed by atoms with Gasteiger partial charge in [0.05, 0.1) is 0 Å². The molecule has 0 saturated carbocycles. The molecular weight excluding hydrogens is 170 g/mol. The van der Waals surface area contributed by atoms with Crippen molar-refractivity contribution in [3.8, 4) is 0 Å². The zero-order chi connectivity index (χ0) is 10.2. The Bertz CT molecular complexity index is 432. The van der Waals surface area contributed by atoms with E-state index >= 15 is 0 Å². The van der Waals surface area contributed by atoms with Gasteiger partial charge in [-0.1, -0.05) is 39.0 Å². The summed E-state index contributed by atoms with van der Waals surface area (Å²) in [5.74, 6) is 0. The molecule has 0 aliphatic heterocycles. The third kappa shape index (κ3) is 1.82. The highest BCUT2D eigenvalue weighted by Crippen LogP contribution is 2.26. The number of rotatable bonds is 1. The lowest BCUT2D eigenvalue weighted by atomic mass is 9.87. The van der Waals surface area contributed by atoms with Gasteiger partial charge in [-0.3, -0.25) is 0 Å². The third-order valence-corrected chi connectivity index (χ3v) is 2.42. The number of aromatic amines is 1. The summed E-state index contributed by atoms with van der Waals surface area (Å²) in [6.07, 6.45) is 5.28. The number of H-pyrrole nitrogens is 1. The van der Waals surface area contributed by atoms with Gasteiger partial charge in [-0.05, 0) is 22.8 Å². The summed E-state index contributed by atoms with van der Waals surface area (Å²) in [5, 5.41) is 2.68. The maximum atomic E-state index is 3.16. The fraction of sp³-hybridized carbons (Fsp3) is 0.385. The maximum absolute atomic E-state index is 3.16. The molecule has 0 spiro atoms. The average molecular weight is 187 g/mol. The van der Waals surface area contributed by atoms with Crippen LogP contribution < -0.4 is 0 Å². The van der Waals surface area contributed by atoms with Crippen molar-refractivity contribution >= 4 is 10.8 Å². The van der Waals surface area contributed by atoms with Crippen molar-refractivity contribution in [2.24, 2.45) is 5.41 Å². The minimum absolute atomic E-state index is 0.353. The van der Waals surface area contributed by atoms with Crippen LogP contribution in [0.2, 0.25) is 0 Å². The molecule has 1 N–H and O–H groups in total. The van der Waals surface area contributed by atoms with Gasteiger partial charge < -0.3 is 4.98 Å². The van der Waals surface area contributed by atoms with E-state index in [9.17, 15) is 0 Å². The molecule has 0 radical (unpaired) electrons. The van der Waals surface area contributed by atoms with Gasteiger partial charge in [-0.15, -0.1) is 0 Å². The van der Waals surface area contributed by atoms with Crippen LogP contribution in [0.1, 0.15) is 26.3 Å². The SMILES string of the molecule is CC(C)(C)Cc1cccc2c[nH]cc12. The fourth-order valence-corrected chi connectivity index (χ4v) is 1.88. The largest absolute Gasteiger partial charge is 0.366 e. The first-order valence-corrected chi connectivity index (χ1v) is 5.11. The van der Waals surface area contributed by atoms with Crippen molar-refractivity contribution in [1.82, 2.24) is 4.98 Å². The van der Waals surface area contributed by atoms with E-state index in [4.69, 9.17) is 0 Å². The molecule has 0 atom stereocenters. The highest BCUT2D eigenvalue weighted by Gasteiger charge is 2.13. The molecule has 0 bridgehead atoms. The molecule has 0 fully saturated rings. The molecule has 1 heteroatoms. The summed E-state index contributed by atoms with van der Waals surface area (Å²) >= 11 is 0. The number of nitrogens with one attached hydrogen (secondary N) is 1. The Morgan fingerprint density at radius 3 is 2.64 bits per heavy atom. The van der Waals surface area contributed by atoms with E-state index in [0.29, 0.717) is 5.41 Å². The van der Waals surface area contributed by atoms with Gasteiger partial charge in [0.25, 0.3) is 0 Å². The Morgan fingerprint density at radius 1 is 1.14 bits per heavy atom. The first-order chi connectivity index (χ1) is 6.56. The molecule has 1 aromatic carbocycles. The van der Waals surface area contributed by atoms with Crippen molar-refractivity contribution in [3.05, 3.63) is 36.2 Å². The minimum Gasteiger partial charge on any atom is -0.366 e. The average Bonchev–Trinajstić information content (AvgIpc) is 2.49. The minimum atomic E-state index is 0.353. The van der Waals surface area contributed by atoms with Crippen LogP contribution in [0.3, 0.4) is 0 Å². The van der Waals surface area contributed by atoms with Gasteiger partial charge in [0.1, 0.15) is 0 Å². The Morgan fingerprint density at radius 2 is 1.93 bits per heavy atom. The molecule has 74 valence electrons. The topological polar surface area (TPSA) is 15.8 Å². The predicted octanol–water partition coefficient (Wildman–Crippen LogP) is 3.76. The highest BCUT2D eigenvalue weighted by atomic mass is 14.6. The van der Waals surface area contributed by atoms with E-state index in [0.717, 1.165) is 6.42 Å². The van der Waals surface area contributed by atoms with Crippen molar-refractivity contribution in [1.29, 1.82) is 0 Å². The summed E-state index contributed by atoms with van der Waals surface area (Å²) in [5.41, 5.74) is 1.79. The zero-order valence-corrected chi connectivity index (χ0v) is 9.09. The molecule has 2 rings (SSSR count). The molecule has 1 heterocycles. The number of benzene rings is 1. The molecule has 0 saturated heterocycles. The van der Waals surface area contributed by atoms with Crippen molar-refractivity contribution in [2.75, 3.05) is 0 Å². The van der Waals surface area contributed by atoms with E-state index in [2.05, 4.69) is 56.3 Å². The van der Waals surface area contributed by atoms with Crippen molar-refractivity contribution in [2.45, 2.75) is 27.2 Å². The Balaban J connectivity index is 2.46. The first-order valence-electron chi connectivity index (χ1n) is 5.11. The monoisotopic (exact) mass is 187 g/mol. The standard InChI is InChI=1S/C13H17N/c1-13(2,3)7-10-5-4-6-11-8-14-9-12(10)11/h4-6,8-9,14H,7H2,1-3H3. The summed E-state index contributed by atoms with van der Waals surface area (Å²) < 4.78 is 0. The molecule has 14 heavy (non-hydrogen) atoms. The molecule has 2 aromatic rings. The quantitative estimate of drug-likeness (QED) is 0.699.